The quantitative estimate of drug-likeness (QED) is 0.813. The molecule has 1 aliphatic carbocycles. The second kappa shape index (κ2) is 4.40. The van der Waals surface area contributed by atoms with E-state index in [9.17, 15) is 0 Å². The molecule has 0 saturated heterocycles. The number of rotatable bonds is 4. The third kappa shape index (κ3) is 1.93. The Morgan fingerprint density at radius 3 is 2.83 bits per heavy atom. The molecule has 0 spiro atoms. The van der Waals surface area contributed by atoms with Gasteiger partial charge in [-0.05, 0) is 30.4 Å². The zero-order chi connectivity index (χ0) is 12.6. The van der Waals surface area contributed by atoms with E-state index in [0.717, 1.165) is 28.7 Å². The summed E-state index contributed by atoms with van der Waals surface area (Å²) in [6.45, 7) is 0.968. The van der Waals surface area contributed by atoms with Gasteiger partial charge in [-0.2, -0.15) is 5.26 Å². The number of nitrogens with zero attached hydrogens (tertiary/aromatic N) is 3. The van der Waals surface area contributed by atoms with Crippen LogP contribution in [-0.4, -0.2) is 14.9 Å². The highest BCUT2D eigenvalue weighted by molar-refractivity contribution is 9.09. The highest BCUT2D eigenvalue weighted by Gasteiger charge is 2.42. The molecule has 18 heavy (non-hydrogen) atoms. The number of hydrogen-bond acceptors (Lipinski definition) is 2. The Morgan fingerprint density at radius 2 is 2.17 bits per heavy atom. The van der Waals surface area contributed by atoms with Crippen LogP contribution >= 0.6 is 15.9 Å². The number of benzene rings is 1. The Kier molecular flexibility index (Phi) is 2.87. The summed E-state index contributed by atoms with van der Waals surface area (Å²) in [6.07, 6.45) is 2.90. The van der Waals surface area contributed by atoms with Crippen molar-refractivity contribution in [1.29, 1.82) is 5.26 Å². The summed E-state index contributed by atoms with van der Waals surface area (Å²) < 4.78 is 2.23. The van der Waals surface area contributed by atoms with Crippen LogP contribution in [0.5, 0.6) is 0 Å². The van der Waals surface area contributed by atoms with E-state index in [2.05, 4.69) is 37.6 Å². The van der Waals surface area contributed by atoms with Crippen molar-refractivity contribution in [2.24, 2.45) is 5.41 Å². The van der Waals surface area contributed by atoms with Gasteiger partial charge in [-0.3, -0.25) is 0 Å². The molecule has 0 bridgehead atoms. The molecule has 1 saturated carbocycles. The van der Waals surface area contributed by atoms with Crippen LogP contribution < -0.4 is 0 Å². The van der Waals surface area contributed by atoms with E-state index in [-0.39, 0.29) is 0 Å². The molecule has 3 nitrogen and oxygen atoms in total. The summed E-state index contributed by atoms with van der Waals surface area (Å²) in [4.78, 5) is 4.57. The van der Waals surface area contributed by atoms with Crippen molar-refractivity contribution in [3.05, 3.63) is 30.1 Å². The maximum Gasteiger partial charge on any atom is 0.124 e. The van der Waals surface area contributed by atoms with Gasteiger partial charge in [-0.15, -0.1) is 0 Å². The largest absolute Gasteiger partial charge is 0.327 e. The van der Waals surface area contributed by atoms with Crippen LogP contribution in [0.25, 0.3) is 11.0 Å². The fourth-order valence-electron chi connectivity index (χ4n) is 2.35. The number of nitriles is 1. The topological polar surface area (TPSA) is 41.6 Å². The van der Waals surface area contributed by atoms with Gasteiger partial charge in [0.05, 0.1) is 23.5 Å². The van der Waals surface area contributed by atoms with Crippen molar-refractivity contribution >= 4 is 27.0 Å². The minimum atomic E-state index is 0.382. The van der Waals surface area contributed by atoms with Crippen LogP contribution in [0.1, 0.15) is 18.7 Å². The Bertz CT molecular complexity index is 619. The number of fused-ring (bicyclic) bond motifs is 1. The molecular weight excluding hydrogens is 290 g/mol. The lowest BCUT2D eigenvalue weighted by atomic mass is 10.1. The first kappa shape index (κ1) is 11.7. The van der Waals surface area contributed by atoms with Crippen molar-refractivity contribution in [1.82, 2.24) is 9.55 Å². The lowest BCUT2D eigenvalue weighted by Gasteiger charge is -2.15. The van der Waals surface area contributed by atoms with Crippen LogP contribution in [0.4, 0.5) is 0 Å². The van der Waals surface area contributed by atoms with Crippen molar-refractivity contribution in [3.8, 4) is 6.07 Å². The van der Waals surface area contributed by atoms with E-state index >= 15 is 0 Å². The number of imidazole rings is 1. The number of hydrogen-bond donors (Lipinski definition) is 0. The zero-order valence-corrected chi connectivity index (χ0v) is 11.7. The molecule has 4 heteroatoms. The monoisotopic (exact) mass is 303 g/mol. The molecule has 2 aromatic rings. The molecule has 0 atom stereocenters. The van der Waals surface area contributed by atoms with Gasteiger partial charge in [0.25, 0.3) is 0 Å². The number of halogens is 1. The van der Waals surface area contributed by atoms with Crippen molar-refractivity contribution in [2.45, 2.75) is 25.8 Å². The summed E-state index contributed by atoms with van der Waals surface area (Å²) >= 11 is 3.61. The SMILES string of the molecule is N#CCc1nc2ccccc2n1CC1(CBr)CC1. The number of aromatic nitrogens is 2. The zero-order valence-electron chi connectivity index (χ0n) is 10.1. The smallest absolute Gasteiger partial charge is 0.124 e. The predicted molar refractivity (Wildman–Crippen MR) is 74.5 cm³/mol. The molecule has 1 aromatic carbocycles. The van der Waals surface area contributed by atoms with Gasteiger partial charge < -0.3 is 4.57 Å². The van der Waals surface area contributed by atoms with E-state index < -0.39 is 0 Å². The molecule has 3 rings (SSSR count). The Balaban J connectivity index is 2.07. The standard InChI is InChI=1S/C14H14BrN3/c15-9-14(6-7-14)10-18-12-4-2-1-3-11(12)17-13(18)5-8-16/h1-4H,5-7,9-10H2. The average Bonchev–Trinajstić information content (AvgIpc) is 3.09. The van der Waals surface area contributed by atoms with Crippen LogP contribution in [0, 0.1) is 16.7 Å². The second-order valence-electron chi connectivity index (χ2n) is 5.07. The first-order chi connectivity index (χ1) is 8.78. The van der Waals surface area contributed by atoms with E-state index in [1.807, 2.05) is 18.2 Å². The fraction of sp³-hybridized carbons (Fsp3) is 0.429. The first-order valence-corrected chi connectivity index (χ1v) is 7.27. The average molecular weight is 304 g/mol. The molecule has 0 N–H and O–H groups in total. The normalized spacial score (nSPS) is 16.7. The summed E-state index contributed by atoms with van der Waals surface area (Å²) in [5.41, 5.74) is 2.52. The molecule has 1 aromatic heterocycles. The third-order valence-corrected chi connectivity index (χ3v) is 4.89. The maximum absolute atomic E-state index is 8.93. The molecule has 0 amide bonds. The van der Waals surface area contributed by atoms with Gasteiger partial charge in [0.1, 0.15) is 5.82 Å². The van der Waals surface area contributed by atoms with Crippen LogP contribution in [0.15, 0.2) is 24.3 Å². The molecular formula is C14H14BrN3. The minimum Gasteiger partial charge on any atom is -0.327 e. The van der Waals surface area contributed by atoms with Crippen LogP contribution in [0.2, 0.25) is 0 Å². The van der Waals surface area contributed by atoms with Gasteiger partial charge in [0.2, 0.25) is 0 Å². The summed E-state index contributed by atoms with van der Waals surface area (Å²) in [6, 6.07) is 10.3. The van der Waals surface area contributed by atoms with Crippen LogP contribution in [-0.2, 0) is 13.0 Å². The molecule has 0 unspecified atom stereocenters. The highest BCUT2D eigenvalue weighted by Crippen LogP contribution is 2.49. The molecule has 0 radical (unpaired) electrons. The predicted octanol–water partition coefficient (Wildman–Crippen LogP) is 3.28. The highest BCUT2D eigenvalue weighted by atomic mass is 79.9. The molecule has 92 valence electrons. The Labute approximate surface area is 115 Å². The van der Waals surface area contributed by atoms with Crippen LogP contribution in [0.3, 0.4) is 0 Å². The Hall–Kier alpha value is -1.34. The first-order valence-electron chi connectivity index (χ1n) is 6.15. The van der Waals surface area contributed by atoms with Crippen molar-refractivity contribution < 1.29 is 0 Å². The molecule has 1 heterocycles. The van der Waals surface area contributed by atoms with E-state index in [4.69, 9.17) is 5.26 Å². The van der Waals surface area contributed by atoms with E-state index in [1.54, 1.807) is 0 Å². The van der Waals surface area contributed by atoms with Gasteiger partial charge >= 0.3 is 0 Å². The van der Waals surface area contributed by atoms with Crippen molar-refractivity contribution in [3.63, 3.8) is 0 Å². The minimum absolute atomic E-state index is 0.382. The molecule has 1 fully saturated rings. The maximum atomic E-state index is 8.93. The summed E-state index contributed by atoms with van der Waals surface area (Å²) in [7, 11) is 0. The second-order valence-corrected chi connectivity index (χ2v) is 5.63. The van der Waals surface area contributed by atoms with Gasteiger partial charge in [-0.1, -0.05) is 28.1 Å². The van der Waals surface area contributed by atoms with E-state index in [1.165, 1.54) is 12.8 Å². The molecule has 1 aliphatic rings. The fourth-order valence-corrected chi connectivity index (χ4v) is 3.09. The number of para-hydroxylation sites is 2. The lowest BCUT2D eigenvalue weighted by molar-refractivity contribution is 0.475. The lowest BCUT2D eigenvalue weighted by Crippen LogP contribution is -2.15. The third-order valence-electron chi connectivity index (χ3n) is 3.70. The van der Waals surface area contributed by atoms with Gasteiger partial charge in [0, 0.05) is 11.9 Å². The molecule has 0 aliphatic heterocycles. The van der Waals surface area contributed by atoms with E-state index in [0.29, 0.717) is 11.8 Å². The summed E-state index contributed by atoms with van der Waals surface area (Å²) in [5.74, 6) is 0.894. The summed E-state index contributed by atoms with van der Waals surface area (Å²) in [5, 5.41) is 9.95. The van der Waals surface area contributed by atoms with Gasteiger partial charge in [0.15, 0.2) is 0 Å². The van der Waals surface area contributed by atoms with Crippen molar-refractivity contribution in [2.75, 3.05) is 5.33 Å². The Morgan fingerprint density at radius 1 is 1.39 bits per heavy atom. The van der Waals surface area contributed by atoms with Gasteiger partial charge in [-0.25, -0.2) is 4.98 Å². The number of alkyl halides is 1.